The standard InChI is InChI=1S/C16H26N2O2/c1-10(2)14(17)16(19)18-13(5)9-20-15-11(3)7-6-8-12(15)4/h6-8,10,13-14H,9,17H2,1-5H3,(H,18,19). The fourth-order valence-electron chi connectivity index (χ4n) is 1.92. The molecule has 0 radical (unpaired) electrons. The highest BCUT2D eigenvalue weighted by molar-refractivity contribution is 5.81. The number of nitrogens with one attached hydrogen (secondary N) is 1. The summed E-state index contributed by atoms with van der Waals surface area (Å²) in [6.45, 7) is 10.2. The van der Waals surface area contributed by atoms with Gasteiger partial charge in [0, 0.05) is 0 Å². The fourth-order valence-corrected chi connectivity index (χ4v) is 1.92. The van der Waals surface area contributed by atoms with Crippen LogP contribution in [0.3, 0.4) is 0 Å². The first-order chi connectivity index (χ1) is 9.32. The number of para-hydroxylation sites is 1. The van der Waals surface area contributed by atoms with Crippen LogP contribution in [0.15, 0.2) is 18.2 Å². The molecule has 1 aromatic carbocycles. The second-order valence-corrected chi connectivity index (χ2v) is 5.71. The summed E-state index contributed by atoms with van der Waals surface area (Å²) in [7, 11) is 0. The molecule has 20 heavy (non-hydrogen) atoms. The molecule has 4 heteroatoms. The zero-order valence-electron chi connectivity index (χ0n) is 13.1. The number of ether oxygens (including phenoxy) is 1. The van der Waals surface area contributed by atoms with Crippen LogP contribution >= 0.6 is 0 Å². The molecule has 1 aromatic rings. The molecule has 1 amide bonds. The van der Waals surface area contributed by atoms with Crippen LogP contribution in [0.25, 0.3) is 0 Å². The molecule has 0 saturated heterocycles. The van der Waals surface area contributed by atoms with E-state index in [1.807, 2.05) is 52.8 Å². The zero-order chi connectivity index (χ0) is 15.3. The first-order valence-electron chi connectivity index (χ1n) is 7.08. The lowest BCUT2D eigenvalue weighted by molar-refractivity contribution is -0.124. The Morgan fingerprint density at radius 2 is 1.80 bits per heavy atom. The van der Waals surface area contributed by atoms with Gasteiger partial charge in [-0.25, -0.2) is 0 Å². The molecule has 0 bridgehead atoms. The Kier molecular flexibility index (Phi) is 6.02. The number of carbonyl (C=O) groups is 1. The van der Waals surface area contributed by atoms with E-state index in [-0.39, 0.29) is 17.9 Å². The minimum absolute atomic E-state index is 0.0775. The number of aryl methyl sites for hydroxylation is 2. The molecule has 4 nitrogen and oxygen atoms in total. The Labute approximate surface area is 121 Å². The Morgan fingerprint density at radius 1 is 1.25 bits per heavy atom. The lowest BCUT2D eigenvalue weighted by atomic mass is 10.0. The number of rotatable bonds is 6. The summed E-state index contributed by atoms with van der Waals surface area (Å²) in [4.78, 5) is 11.8. The van der Waals surface area contributed by atoms with E-state index in [0.29, 0.717) is 6.61 Å². The van der Waals surface area contributed by atoms with Crippen LogP contribution in [0.1, 0.15) is 31.9 Å². The van der Waals surface area contributed by atoms with E-state index in [9.17, 15) is 4.79 Å². The number of carbonyl (C=O) groups excluding carboxylic acids is 1. The van der Waals surface area contributed by atoms with Gasteiger partial charge in [0.15, 0.2) is 0 Å². The fraction of sp³-hybridized carbons (Fsp3) is 0.562. The summed E-state index contributed by atoms with van der Waals surface area (Å²) < 4.78 is 5.81. The van der Waals surface area contributed by atoms with E-state index in [1.54, 1.807) is 0 Å². The molecule has 0 spiro atoms. The smallest absolute Gasteiger partial charge is 0.237 e. The van der Waals surface area contributed by atoms with Crippen LogP contribution in [-0.2, 0) is 4.79 Å². The summed E-state index contributed by atoms with van der Waals surface area (Å²) in [5.74, 6) is 0.890. The second kappa shape index (κ2) is 7.29. The molecule has 1 rings (SSSR count). The highest BCUT2D eigenvalue weighted by Gasteiger charge is 2.19. The van der Waals surface area contributed by atoms with Crippen molar-refractivity contribution in [2.24, 2.45) is 11.7 Å². The van der Waals surface area contributed by atoms with E-state index in [2.05, 4.69) is 5.32 Å². The van der Waals surface area contributed by atoms with Crippen molar-refractivity contribution in [2.75, 3.05) is 6.61 Å². The molecule has 0 aliphatic carbocycles. The third-order valence-electron chi connectivity index (χ3n) is 3.30. The first-order valence-corrected chi connectivity index (χ1v) is 7.08. The van der Waals surface area contributed by atoms with E-state index in [0.717, 1.165) is 16.9 Å². The molecule has 0 aromatic heterocycles. The molecule has 2 atom stereocenters. The lowest BCUT2D eigenvalue weighted by Gasteiger charge is -2.21. The molecule has 112 valence electrons. The van der Waals surface area contributed by atoms with Gasteiger partial charge in [-0.05, 0) is 37.8 Å². The molecule has 0 heterocycles. The predicted molar refractivity (Wildman–Crippen MR) is 81.8 cm³/mol. The molecular formula is C16H26N2O2. The summed E-state index contributed by atoms with van der Waals surface area (Å²) in [6.07, 6.45) is 0. The van der Waals surface area contributed by atoms with E-state index < -0.39 is 6.04 Å². The number of benzene rings is 1. The normalized spacial score (nSPS) is 13.9. The Morgan fingerprint density at radius 3 is 2.30 bits per heavy atom. The average molecular weight is 278 g/mol. The van der Waals surface area contributed by atoms with Gasteiger partial charge in [0.05, 0.1) is 12.1 Å². The monoisotopic (exact) mass is 278 g/mol. The van der Waals surface area contributed by atoms with Gasteiger partial charge in [-0.15, -0.1) is 0 Å². The first kappa shape index (κ1) is 16.5. The maximum Gasteiger partial charge on any atom is 0.237 e. The summed E-state index contributed by atoms with van der Waals surface area (Å²) in [5, 5.41) is 2.88. The minimum atomic E-state index is -0.474. The van der Waals surface area contributed by atoms with Crippen molar-refractivity contribution in [3.05, 3.63) is 29.3 Å². The number of nitrogens with two attached hydrogens (primary N) is 1. The summed E-state index contributed by atoms with van der Waals surface area (Å²) >= 11 is 0. The number of hydrogen-bond acceptors (Lipinski definition) is 3. The quantitative estimate of drug-likeness (QED) is 0.838. The Balaban J connectivity index is 2.52. The van der Waals surface area contributed by atoms with Crippen molar-refractivity contribution in [1.82, 2.24) is 5.32 Å². The van der Waals surface area contributed by atoms with Gasteiger partial charge in [0.2, 0.25) is 5.91 Å². The van der Waals surface area contributed by atoms with Crippen molar-refractivity contribution >= 4 is 5.91 Å². The molecule has 0 saturated carbocycles. The van der Waals surface area contributed by atoms with Crippen molar-refractivity contribution in [3.63, 3.8) is 0 Å². The van der Waals surface area contributed by atoms with Gasteiger partial charge in [0.1, 0.15) is 12.4 Å². The maximum atomic E-state index is 11.8. The van der Waals surface area contributed by atoms with E-state index >= 15 is 0 Å². The third kappa shape index (κ3) is 4.53. The van der Waals surface area contributed by atoms with Gasteiger partial charge >= 0.3 is 0 Å². The van der Waals surface area contributed by atoms with E-state index in [4.69, 9.17) is 10.5 Å². The Bertz CT molecular complexity index is 438. The molecule has 2 unspecified atom stereocenters. The molecule has 3 N–H and O–H groups in total. The molecule has 0 aliphatic heterocycles. The average Bonchev–Trinajstić information content (AvgIpc) is 2.36. The van der Waals surface area contributed by atoms with Crippen LogP contribution in [0.2, 0.25) is 0 Å². The van der Waals surface area contributed by atoms with Crippen molar-refractivity contribution in [2.45, 2.75) is 46.7 Å². The highest BCUT2D eigenvalue weighted by atomic mass is 16.5. The van der Waals surface area contributed by atoms with Crippen LogP contribution in [0.4, 0.5) is 0 Å². The second-order valence-electron chi connectivity index (χ2n) is 5.71. The van der Waals surface area contributed by atoms with Crippen molar-refractivity contribution < 1.29 is 9.53 Å². The van der Waals surface area contributed by atoms with Gasteiger partial charge in [-0.3, -0.25) is 4.79 Å². The minimum Gasteiger partial charge on any atom is -0.491 e. The summed E-state index contributed by atoms with van der Waals surface area (Å²) in [6, 6.07) is 5.48. The summed E-state index contributed by atoms with van der Waals surface area (Å²) in [5.41, 5.74) is 8.01. The van der Waals surface area contributed by atoms with Crippen LogP contribution in [0, 0.1) is 19.8 Å². The highest BCUT2D eigenvalue weighted by Crippen LogP contribution is 2.22. The zero-order valence-corrected chi connectivity index (χ0v) is 13.1. The van der Waals surface area contributed by atoms with Gasteiger partial charge in [-0.1, -0.05) is 32.0 Å². The lowest BCUT2D eigenvalue weighted by Crippen LogP contribution is -2.48. The van der Waals surface area contributed by atoms with Gasteiger partial charge in [0.25, 0.3) is 0 Å². The molecule has 0 fully saturated rings. The number of amides is 1. The predicted octanol–water partition coefficient (Wildman–Crippen LogP) is 2.17. The molecular weight excluding hydrogens is 252 g/mol. The van der Waals surface area contributed by atoms with Crippen molar-refractivity contribution in [1.29, 1.82) is 0 Å². The largest absolute Gasteiger partial charge is 0.491 e. The topological polar surface area (TPSA) is 64.3 Å². The van der Waals surface area contributed by atoms with Gasteiger partial charge < -0.3 is 15.8 Å². The number of hydrogen-bond donors (Lipinski definition) is 2. The van der Waals surface area contributed by atoms with Gasteiger partial charge in [-0.2, -0.15) is 0 Å². The van der Waals surface area contributed by atoms with E-state index in [1.165, 1.54) is 0 Å². The van der Waals surface area contributed by atoms with Crippen LogP contribution in [-0.4, -0.2) is 24.6 Å². The molecule has 0 aliphatic rings. The Hall–Kier alpha value is -1.55. The van der Waals surface area contributed by atoms with Crippen molar-refractivity contribution in [3.8, 4) is 5.75 Å². The van der Waals surface area contributed by atoms with Crippen LogP contribution in [0.5, 0.6) is 5.75 Å². The van der Waals surface area contributed by atoms with Crippen LogP contribution < -0.4 is 15.8 Å². The maximum absolute atomic E-state index is 11.8. The third-order valence-corrected chi connectivity index (χ3v) is 3.30. The SMILES string of the molecule is Cc1cccc(C)c1OCC(C)NC(=O)C(N)C(C)C.